The molecule has 7 nitrogen and oxygen atoms in total. The molecule has 0 aliphatic heterocycles. The average Bonchev–Trinajstić information content (AvgIpc) is 2.96. The van der Waals surface area contributed by atoms with Gasteiger partial charge in [-0.3, -0.25) is 15.0 Å². The quantitative estimate of drug-likeness (QED) is 0.785. The fourth-order valence-corrected chi connectivity index (χ4v) is 2.69. The molecule has 2 aromatic heterocycles. The lowest BCUT2D eigenvalue weighted by Gasteiger charge is -2.17. The van der Waals surface area contributed by atoms with Crippen LogP contribution in [0.4, 0.5) is 0 Å². The van der Waals surface area contributed by atoms with Crippen molar-refractivity contribution in [2.24, 2.45) is 5.41 Å². The minimum atomic E-state index is -0.354. The maximum atomic E-state index is 12.7. The van der Waals surface area contributed by atoms with Crippen LogP contribution in [0.1, 0.15) is 38.3 Å². The van der Waals surface area contributed by atoms with Crippen LogP contribution in [0.25, 0.3) is 16.7 Å². The predicted octanol–water partition coefficient (Wildman–Crippen LogP) is 2.71. The molecule has 3 rings (SSSR count). The Balaban J connectivity index is 1.98. The van der Waals surface area contributed by atoms with E-state index in [1.165, 1.54) is 18.1 Å². The third kappa shape index (κ3) is 3.51. The Morgan fingerprint density at radius 2 is 1.92 bits per heavy atom. The van der Waals surface area contributed by atoms with E-state index >= 15 is 0 Å². The third-order valence-corrected chi connectivity index (χ3v) is 4.16. The molecular formula is C19H23N5O2. The van der Waals surface area contributed by atoms with Gasteiger partial charge in [0, 0.05) is 6.42 Å². The van der Waals surface area contributed by atoms with Gasteiger partial charge in [0.15, 0.2) is 5.65 Å². The molecule has 0 aliphatic carbocycles. The summed E-state index contributed by atoms with van der Waals surface area (Å²) in [4.78, 5) is 29.1. The van der Waals surface area contributed by atoms with Crippen LogP contribution in [0.3, 0.4) is 0 Å². The summed E-state index contributed by atoms with van der Waals surface area (Å²) in [5.74, 6) is -0.234. The van der Waals surface area contributed by atoms with E-state index in [1.807, 2.05) is 52.8 Å². The number of aromatic nitrogens is 4. The number of hydrogen-bond donors (Lipinski definition) is 1. The highest BCUT2D eigenvalue weighted by molar-refractivity contribution is 5.84. The number of amides is 1. The Kier molecular flexibility index (Phi) is 4.39. The van der Waals surface area contributed by atoms with Crippen molar-refractivity contribution in [1.29, 1.82) is 0 Å². The van der Waals surface area contributed by atoms with Gasteiger partial charge >= 0.3 is 0 Å². The number of rotatable bonds is 3. The van der Waals surface area contributed by atoms with Crippen LogP contribution in [0.15, 0.2) is 35.5 Å². The number of fused-ring (bicyclic) bond motifs is 1. The van der Waals surface area contributed by atoms with Gasteiger partial charge in [0.25, 0.3) is 5.56 Å². The number of carbonyl (C=O) groups is 1. The molecule has 136 valence electrons. The molecule has 0 atom stereocenters. The van der Waals surface area contributed by atoms with Crippen molar-refractivity contribution < 1.29 is 4.79 Å². The first-order chi connectivity index (χ1) is 12.2. The van der Waals surface area contributed by atoms with Crippen molar-refractivity contribution >= 4 is 16.9 Å². The highest BCUT2D eigenvalue weighted by Crippen LogP contribution is 2.18. The van der Waals surface area contributed by atoms with Crippen LogP contribution in [0.2, 0.25) is 0 Å². The van der Waals surface area contributed by atoms with Crippen LogP contribution < -0.4 is 11.0 Å². The highest BCUT2D eigenvalue weighted by atomic mass is 16.2. The molecule has 0 saturated heterocycles. The maximum Gasteiger partial charge on any atom is 0.283 e. The topological polar surface area (TPSA) is 81.8 Å². The molecule has 7 heteroatoms. The standard InChI is InChI=1S/C19H23N5O2/c1-12-6-7-14(8-13(12)2)24-17-15(10-21-24)18(26)23(11-20-17)22-16(25)9-19(3,4)5/h6-8,10-11H,9H2,1-5H3,(H,22,25). The van der Waals surface area contributed by atoms with E-state index in [-0.39, 0.29) is 16.9 Å². The smallest absolute Gasteiger partial charge is 0.273 e. The summed E-state index contributed by atoms with van der Waals surface area (Å²) in [6, 6.07) is 5.94. The second-order valence-corrected chi connectivity index (χ2v) is 7.75. The molecule has 3 aromatic rings. The molecule has 0 spiro atoms. The van der Waals surface area contributed by atoms with Gasteiger partial charge in [-0.1, -0.05) is 26.8 Å². The van der Waals surface area contributed by atoms with Gasteiger partial charge in [0.2, 0.25) is 5.91 Å². The zero-order chi connectivity index (χ0) is 19.1. The van der Waals surface area contributed by atoms with Crippen LogP contribution in [-0.2, 0) is 4.79 Å². The molecule has 0 radical (unpaired) electrons. The summed E-state index contributed by atoms with van der Waals surface area (Å²) in [5, 5.41) is 4.65. The normalized spacial score (nSPS) is 11.7. The molecule has 0 bridgehead atoms. The molecule has 0 saturated carbocycles. The molecule has 26 heavy (non-hydrogen) atoms. The van der Waals surface area contributed by atoms with Gasteiger partial charge in [-0.15, -0.1) is 0 Å². The Labute approximate surface area is 151 Å². The summed E-state index contributed by atoms with van der Waals surface area (Å²) in [6.45, 7) is 9.95. The summed E-state index contributed by atoms with van der Waals surface area (Å²) >= 11 is 0. The lowest BCUT2D eigenvalue weighted by molar-refractivity contribution is -0.118. The second-order valence-electron chi connectivity index (χ2n) is 7.75. The van der Waals surface area contributed by atoms with Crippen molar-refractivity contribution in [3.05, 3.63) is 52.2 Å². The molecule has 0 aliphatic rings. The molecule has 1 N–H and O–H groups in total. The van der Waals surface area contributed by atoms with Gasteiger partial charge in [0.05, 0.1) is 11.9 Å². The summed E-state index contributed by atoms with van der Waals surface area (Å²) < 4.78 is 2.74. The highest BCUT2D eigenvalue weighted by Gasteiger charge is 2.18. The predicted molar refractivity (Wildman–Crippen MR) is 101 cm³/mol. The first-order valence-electron chi connectivity index (χ1n) is 8.48. The zero-order valence-electron chi connectivity index (χ0n) is 15.7. The van der Waals surface area contributed by atoms with Crippen molar-refractivity contribution in [2.45, 2.75) is 41.0 Å². The van der Waals surface area contributed by atoms with Gasteiger partial charge in [-0.25, -0.2) is 14.3 Å². The summed E-state index contributed by atoms with van der Waals surface area (Å²) in [5.41, 5.74) is 5.68. The van der Waals surface area contributed by atoms with Crippen LogP contribution in [0, 0.1) is 19.3 Å². The summed E-state index contributed by atoms with van der Waals surface area (Å²) in [6.07, 6.45) is 3.11. The lowest BCUT2D eigenvalue weighted by atomic mass is 9.92. The Morgan fingerprint density at radius 1 is 1.19 bits per heavy atom. The van der Waals surface area contributed by atoms with E-state index in [2.05, 4.69) is 15.5 Å². The first kappa shape index (κ1) is 17.8. The monoisotopic (exact) mass is 353 g/mol. The van der Waals surface area contributed by atoms with E-state index in [1.54, 1.807) is 4.68 Å². The largest absolute Gasteiger partial charge is 0.283 e. The van der Waals surface area contributed by atoms with E-state index in [9.17, 15) is 9.59 Å². The van der Waals surface area contributed by atoms with Crippen molar-refractivity contribution in [3.63, 3.8) is 0 Å². The first-order valence-corrected chi connectivity index (χ1v) is 8.48. The van der Waals surface area contributed by atoms with Gasteiger partial charge < -0.3 is 0 Å². The molecule has 0 fully saturated rings. The van der Waals surface area contributed by atoms with Crippen molar-refractivity contribution in [2.75, 3.05) is 5.43 Å². The van der Waals surface area contributed by atoms with Crippen LogP contribution >= 0.6 is 0 Å². The van der Waals surface area contributed by atoms with Crippen molar-refractivity contribution in [3.8, 4) is 5.69 Å². The molecule has 1 aromatic carbocycles. The second kappa shape index (κ2) is 6.40. The fraction of sp³-hybridized carbons (Fsp3) is 0.368. The minimum absolute atomic E-state index is 0.167. The number of carbonyl (C=O) groups excluding carboxylic acids is 1. The lowest BCUT2D eigenvalue weighted by Crippen LogP contribution is -2.34. The zero-order valence-corrected chi connectivity index (χ0v) is 15.7. The number of nitrogens with zero attached hydrogens (tertiary/aromatic N) is 4. The number of nitrogens with one attached hydrogen (secondary N) is 1. The SMILES string of the molecule is Cc1ccc(-n2ncc3c(=O)n(NC(=O)CC(C)(C)C)cnc32)cc1C. The Bertz CT molecular complexity index is 1040. The molecule has 0 unspecified atom stereocenters. The van der Waals surface area contributed by atoms with Crippen LogP contribution in [-0.4, -0.2) is 25.3 Å². The number of hydrogen-bond acceptors (Lipinski definition) is 4. The van der Waals surface area contributed by atoms with Gasteiger partial charge in [-0.2, -0.15) is 5.10 Å². The Hall–Kier alpha value is -2.96. The third-order valence-electron chi connectivity index (χ3n) is 4.16. The average molecular weight is 353 g/mol. The number of benzene rings is 1. The van der Waals surface area contributed by atoms with Crippen LogP contribution in [0.5, 0.6) is 0 Å². The number of aryl methyl sites for hydroxylation is 2. The molecule has 1 amide bonds. The van der Waals surface area contributed by atoms with Gasteiger partial charge in [0.1, 0.15) is 11.7 Å². The summed E-state index contributed by atoms with van der Waals surface area (Å²) in [7, 11) is 0. The van der Waals surface area contributed by atoms with E-state index in [4.69, 9.17) is 0 Å². The maximum absolute atomic E-state index is 12.7. The van der Waals surface area contributed by atoms with Gasteiger partial charge in [-0.05, 0) is 42.5 Å². The Morgan fingerprint density at radius 3 is 2.58 bits per heavy atom. The van der Waals surface area contributed by atoms with E-state index in [0.29, 0.717) is 17.5 Å². The fourth-order valence-electron chi connectivity index (χ4n) is 2.69. The molecular weight excluding hydrogens is 330 g/mol. The molecule has 2 heterocycles. The minimum Gasteiger partial charge on any atom is -0.273 e. The van der Waals surface area contributed by atoms with Crippen molar-refractivity contribution in [1.82, 2.24) is 19.4 Å². The van der Waals surface area contributed by atoms with E-state index in [0.717, 1.165) is 15.9 Å². The van der Waals surface area contributed by atoms with E-state index < -0.39 is 0 Å².